The maximum atomic E-state index is 12.7. The predicted molar refractivity (Wildman–Crippen MR) is 207 cm³/mol. The summed E-state index contributed by atoms with van der Waals surface area (Å²) in [5.74, 6) is -1.57. The normalized spacial score (nSPS) is 49.7. The van der Waals surface area contributed by atoms with E-state index in [1.807, 2.05) is 13.8 Å². The molecular weight excluding hydrogens is 819 g/mol. The SMILES string of the molecule is CO[C@H]1[C@H](O[C@H]2[C@H](O[C@@H](CC[C@@H](C)[C@H]3C[C@@H](O)[C@@H]4[C@]3(C)CC[C@@H]3[C@@]5(C)CC[C@H](O)C[C@@H]5[C@@H](O)[C@@H](O)[C@]34O)C(C)C)O[C@@H]([C@@H](C)OS(=O)(=O)[O-])[C@@H]2O)O[C@H](C)[C@@H](OC)[C@@H]1O.[Na+]. The second-order valence-electron chi connectivity index (χ2n) is 19.7. The van der Waals surface area contributed by atoms with Crippen LogP contribution in [0.2, 0.25) is 0 Å². The molecule has 0 aromatic carbocycles. The third-order valence-corrected chi connectivity index (χ3v) is 16.6. The van der Waals surface area contributed by atoms with Gasteiger partial charge in [0.1, 0.15) is 54.4 Å². The average Bonchev–Trinajstić information content (AvgIpc) is 3.61. The summed E-state index contributed by atoms with van der Waals surface area (Å²) in [7, 11) is -2.39. The monoisotopic (exact) mass is 890 g/mol. The molecule has 2 aliphatic heterocycles. The van der Waals surface area contributed by atoms with Gasteiger partial charge in [-0.2, -0.15) is 0 Å². The molecule has 4 saturated carbocycles. The van der Waals surface area contributed by atoms with E-state index in [1.54, 1.807) is 6.92 Å². The van der Waals surface area contributed by atoms with Crippen molar-refractivity contribution in [2.75, 3.05) is 14.2 Å². The minimum Gasteiger partial charge on any atom is -0.726 e. The van der Waals surface area contributed by atoms with Crippen molar-refractivity contribution in [3.8, 4) is 0 Å². The van der Waals surface area contributed by atoms with Crippen LogP contribution in [0.15, 0.2) is 0 Å². The van der Waals surface area contributed by atoms with Crippen LogP contribution in [0.5, 0.6) is 0 Å². The molecule has 0 aromatic heterocycles. The largest absolute Gasteiger partial charge is 1.00 e. The summed E-state index contributed by atoms with van der Waals surface area (Å²) in [5, 5.41) is 80.9. The van der Waals surface area contributed by atoms with Crippen molar-refractivity contribution >= 4 is 10.4 Å². The van der Waals surface area contributed by atoms with Crippen LogP contribution in [0.1, 0.15) is 99.8 Å². The maximum Gasteiger partial charge on any atom is 1.00 e. The molecule has 0 radical (unpaired) electrons. The molecule has 7 N–H and O–H groups in total. The first-order valence-corrected chi connectivity index (χ1v) is 22.9. The first-order valence-electron chi connectivity index (χ1n) is 21.6. The second kappa shape index (κ2) is 19.3. The number of rotatable bonds is 14. The van der Waals surface area contributed by atoms with Crippen LogP contribution >= 0.6 is 0 Å². The van der Waals surface area contributed by atoms with Gasteiger partial charge in [-0.15, -0.1) is 0 Å². The Morgan fingerprint density at radius 2 is 1.45 bits per heavy atom. The van der Waals surface area contributed by atoms with Crippen LogP contribution in [0, 0.1) is 46.3 Å². The summed E-state index contributed by atoms with van der Waals surface area (Å²) in [6.45, 7) is 13.1. The van der Waals surface area contributed by atoms with Crippen molar-refractivity contribution in [3.05, 3.63) is 0 Å². The van der Waals surface area contributed by atoms with Gasteiger partial charge in [0.2, 0.25) is 10.4 Å². The minimum atomic E-state index is -5.17. The van der Waals surface area contributed by atoms with Gasteiger partial charge in [0.25, 0.3) is 0 Å². The van der Waals surface area contributed by atoms with Crippen LogP contribution in [0.4, 0.5) is 0 Å². The van der Waals surface area contributed by atoms with Crippen molar-refractivity contribution in [2.45, 2.75) is 197 Å². The molecule has 6 rings (SSSR count). The summed E-state index contributed by atoms with van der Waals surface area (Å²) in [6, 6.07) is 0. The molecule has 0 spiro atoms. The Morgan fingerprint density at radius 3 is 2.05 bits per heavy atom. The van der Waals surface area contributed by atoms with Gasteiger partial charge >= 0.3 is 29.6 Å². The summed E-state index contributed by atoms with van der Waals surface area (Å²) in [6.07, 6.45) is -12.2. The van der Waals surface area contributed by atoms with Gasteiger partial charge in [0, 0.05) is 20.1 Å². The van der Waals surface area contributed by atoms with E-state index >= 15 is 0 Å². The first-order chi connectivity index (χ1) is 27.4. The molecule has 2 saturated heterocycles. The van der Waals surface area contributed by atoms with Crippen LogP contribution in [0.3, 0.4) is 0 Å². The number of fused-ring (bicyclic) bond motifs is 5. The molecule has 2 heterocycles. The van der Waals surface area contributed by atoms with E-state index in [2.05, 4.69) is 25.0 Å². The predicted octanol–water partition coefficient (Wildman–Crippen LogP) is -2.03. The van der Waals surface area contributed by atoms with Crippen molar-refractivity contribution in [2.24, 2.45) is 46.3 Å². The number of hydrogen-bond acceptors (Lipinski definition) is 17. The fourth-order valence-corrected chi connectivity index (χ4v) is 13.6. The van der Waals surface area contributed by atoms with Gasteiger partial charge < -0.3 is 68.7 Å². The second-order valence-corrected chi connectivity index (χ2v) is 20.7. The molecule has 6 aliphatic rings. The van der Waals surface area contributed by atoms with Crippen molar-refractivity contribution in [1.82, 2.24) is 0 Å². The van der Waals surface area contributed by atoms with Gasteiger partial charge in [-0.3, -0.25) is 4.18 Å². The Hall–Kier alpha value is 0.350. The van der Waals surface area contributed by atoms with Gasteiger partial charge in [-0.1, -0.05) is 34.6 Å². The summed E-state index contributed by atoms with van der Waals surface area (Å²) in [5.41, 5.74) is -2.81. The quantitative estimate of drug-likeness (QED) is 0.0563. The van der Waals surface area contributed by atoms with E-state index in [0.29, 0.717) is 51.4 Å². The minimum absolute atomic E-state index is 0. The average molecular weight is 891 g/mol. The number of aliphatic hydroxyl groups excluding tert-OH is 6. The van der Waals surface area contributed by atoms with Crippen molar-refractivity contribution < 1.29 is 111 Å². The summed E-state index contributed by atoms with van der Waals surface area (Å²) < 4.78 is 75.2. The number of methoxy groups -OCH3 is 2. The Bertz CT molecular complexity index is 1550. The smallest absolute Gasteiger partial charge is 0.726 e. The Balaban J connectivity index is 0.00000683. The zero-order valence-corrected chi connectivity index (χ0v) is 39.7. The van der Waals surface area contributed by atoms with Crippen LogP contribution in [0.25, 0.3) is 0 Å². The molecule has 344 valence electrons. The van der Waals surface area contributed by atoms with E-state index < -0.39 is 125 Å². The van der Waals surface area contributed by atoms with E-state index in [0.717, 1.165) is 0 Å². The third-order valence-electron chi connectivity index (χ3n) is 16.1. The van der Waals surface area contributed by atoms with E-state index in [1.165, 1.54) is 21.1 Å². The van der Waals surface area contributed by atoms with Crippen molar-refractivity contribution in [1.29, 1.82) is 0 Å². The van der Waals surface area contributed by atoms with E-state index in [4.69, 9.17) is 28.4 Å². The van der Waals surface area contributed by atoms with Gasteiger partial charge in [-0.05, 0) is 106 Å². The Morgan fingerprint density at radius 1 is 0.817 bits per heavy atom. The molecule has 60 heavy (non-hydrogen) atoms. The number of ether oxygens (including phenoxy) is 6. The summed E-state index contributed by atoms with van der Waals surface area (Å²) >= 11 is 0. The first kappa shape index (κ1) is 51.3. The Labute approximate surface area is 377 Å². The standard InChI is InChI=1S/C41H72O17S.Na/c1-18(2)26(55-38-34(30(46)32(56-38)21(5)58-59(49,50)51)57-37-33(53-9)29(45)31(52-8)20(4)54-37)11-10-19(3)23-17-25(43)35-40(23,7)15-13-27-39(6)14-12-22(42)16-24(39)28(44)36(47)41(27,35)48;/h18-38,42-48H,10-17H2,1-9H3,(H,49,50,51);/q;+1/p-1/t19-,20-,21-,22+,23-,24-,25-,26+,27-,28-,29+,30+,31-,32+,33-,34-,35-,36-,37+,38-,39+,40-,41+;/m1./s1. The van der Waals surface area contributed by atoms with E-state index in [-0.39, 0.29) is 59.1 Å². The fourth-order valence-electron chi connectivity index (χ4n) is 13.1. The van der Waals surface area contributed by atoms with Gasteiger partial charge in [-0.25, -0.2) is 8.42 Å². The van der Waals surface area contributed by atoms with Crippen molar-refractivity contribution in [3.63, 3.8) is 0 Å². The molecule has 0 bridgehead atoms. The summed E-state index contributed by atoms with van der Waals surface area (Å²) in [4.78, 5) is 0. The zero-order chi connectivity index (χ0) is 43.7. The molecule has 4 aliphatic carbocycles. The van der Waals surface area contributed by atoms with Crippen LogP contribution < -0.4 is 29.6 Å². The molecular formula is C41H71NaO17S. The topological polar surface area (TPSA) is 263 Å². The molecule has 19 heteroatoms. The molecule has 17 nitrogen and oxygen atoms in total. The molecule has 0 aromatic rings. The molecule has 6 fully saturated rings. The maximum absolute atomic E-state index is 12.7. The zero-order valence-electron chi connectivity index (χ0n) is 36.9. The molecule has 0 amide bonds. The van der Waals surface area contributed by atoms with E-state index in [9.17, 15) is 48.7 Å². The molecule has 0 unspecified atom stereocenters. The Kier molecular flexibility index (Phi) is 16.5. The molecule has 23 atom stereocenters. The number of hydrogen-bond donors (Lipinski definition) is 7. The fraction of sp³-hybridized carbons (Fsp3) is 1.00. The number of aliphatic hydroxyl groups is 7. The van der Waals surface area contributed by atoms with Crippen LogP contribution in [-0.4, -0.2) is 160 Å². The van der Waals surface area contributed by atoms with Gasteiger partial charge in [0.05, 0.1) is 30.5 Å². The third kappa shape index (κ3) is 9.21. The van der Waals surface area contributed by atoms with Crippen LogP contribution in [-0.2, 0) is 43.0 Å². The van der Waals surface area contributed by atoms with Gasteiger partial charge in [0.15, 0.2) is 12.6 Å².